The van der Waals surface area contributed by atoms with Gasteiger partial charge in [0.2, 0.25) is 0 Å². The summed E-state index contributed by atoms with van der Waals surface area (Å²) in [6, 6.07) is 11.7. The lowest BCUT2D eigenvalue weighted by molar-refractivity contribution is -0.143. The third-order valence-electron chi connectivity index (χ3n) is 2.85. The molecule has 104 valence electrons. The fourth-order valence-electron chi connectivity index (χ4n) is 1.89. The van der Waals surface area contributed by atoms with Crippen LogP contribution in [-0.4, -0.2) is 11.9 Å². The Hall–Kier alpha value is -2.36. The fourth-order valence-corrected chi connectivity index (χ4v) is 1.89. The molecular weight excluding hydrogens is 256 g/mol. The SMILES string of the molecule is CC(=O)OCc1ccc2cc(COC(C)=O)ccc2c1. The van der Waals surface area contributed by atoms with Gasteiger partial charge in [0.25, 0.3) is 0 Å². The second-order valence-corrected chi connectivity index (χ2v) is 4.58. The van der Waals surface area contributed by atoms with Gasteiger partial charge in [-0.1, -0.05) is 24.3 Å². The highest BCUT2D eigenvalue weighted by molar-refractivity contribution is 5.84. The summed E-state index contributed by atoms with van der Waals surface area (Å²) in [5, 5.41) is 2.11. The second kappa shape index (κ2) is 6.19. The number of benzene rings is 2. The van der Waals surface area contributed by atoms with Crippen LogP contribution in [0.3, 0.4) is 0 Å². The first-order valence-corrected chi connectivity index (χ1v) is 6.33. The molecule has 2 aromatic rings. The molecule has 0 fully saturated rings. The maximum atomic E-state index is 10.8. The molecule has 4 nitrogen and oxygen atoms in total. The van der Waals surface area contributed by atoms with E-state index in [9.17, 15) is 9.59 Å². The van der Waals surface area contributed by atoms with E-state index in [2.05, 4.69) is 0 Å². The van der Waals surface area contributed by atoms with Crippen molar-refractivity contribution in [3.8, 4) is 0 Å². The molecule has 0 amide bonds. The maximum Gasteiger partial charge on any atom is 0.302 e. The molecule has 0 bridgehead atoms. The van der Waals surface area contributed by atoms with Crippen LogP contribution in [0.4, 0.5) is 0 Å². The van der Waals surface area contributed by atoms with E-state index in [1.54, 1.807) is 0 Å². The van der Waals surface area contributed by atoms with E-state index < -0.39 is 0 Å². The van der Waals surface area contributed by atoms with Crippen LogP contribution in [0, 0.1) is 0 Å². The van der Waals surface area contributed by atoms with Gasteiger partial charge in [0.05, 0.1) is 0 Å². The van der Waals surface area contributed by atoms with Gasteiger partial charge >= 0.3 is 11.9 Å². The molecule has 0 aliphatic heterocycles. The maximum absolute atomic E-state index is 10.8. The Morgan fingerprint density at radius 1 is 0.800 bits per heavy atom. The molecule has 0 N–H and O–H groups in total. The molecule has 0 saturated carbocycles. The number of carbonyl (C=O) groups excluding carboxylic acids is 2. The zero-order valence-electron chi connectivity index (χ0n) is 11.5. The minimum atomic E-state index is -0.290. The third-order valence-corrected chi connectivity index (χ3v) is 2.85. The van der Waals surface area contributed by atoms with E-state index >= 15 is 0 Å². The Labute approximate surface area is 117 Å². The van der Waals surface area contributed by atoms with Gasteiger partial charge in [0.15, 0.2) is 0 Å². The summed E-state index contributed by atoms with van der Waals surface area (Å²) in [7, 11) is 0. The molecule has 20 heavy (non-hydrogen) atoms. The van der Waals surface area contributed by atoms with E-state index in [1.165, 1.54) is 13.8 Å². The van der Waals surface area contributed by atoms with Crippen molar-refractivity contribution >= 4 is 22.7 Å². The van der Waals surface area contributed by atoms with Crippen molar-refractivity contribution < 1.29 is 19.1 Å². The van der Waals surface area contributed by atoms with Crippen LogP contribution in [-0.2, 0) is 32.3 Å². The van der Waals surface area contributed by atoms with Gasteiger partial charge in [-0.15, -0.1) is 0 Å². The first-order chi connectivity index (χ1) is 9.54. The Morgan fingerprint density at radius 2 is 1.20 bits per heavy atom. The molecule has 0 spiro atoms. The van der Waals surface area contributed by atoms with Crippen LogP contribution in [0.5, 0.6) is 0 Å². The van der Waals surface area contributed by atoms with Gasteiger partial charge in [-0.2, -0.15) is 0 Å². The van der Waals surface area contributed by atoms with E-state index in [-0.39, 0.29) is 25.2 Å². The molecule has 0 unspecified atom stereocenters. The van der Waals surface area contributed by atoms with Crippen molar-refractivity contribution in [1.82, 2.24) is 0 Å². The summed E-state index contributed by atoms with van der Waals surface area (Å²) in [6.07, 6.45) is 0. The summed E-state index contributed by atoms with van der Waals surface area (Å²) in [5.74, 6) is -0.580. The van der Waals surface area contributed by atoms with Crippen LogP contribution < -0.4 is 0 Å². The molecule has 4 heteroatoms. The van der Waals surface area contributed by atoms with Crippen molar-refractivity contribution in [3.63, 3.8) is 0 Å². The predicted octanol–water partition coefficient (Wildman–Crippen LogP) is 2.97. The number of hydrogen-bond acceptors (Lipinski definition) is 4. The average Bonchev–Trinajstić information content (AvgIpc) is 2.42. The van der Waals surface area contributed by atoms with Crippen LogP contribution in [0.25, 0.3) is 10.8 Å². The third kappa shape index (κ3) is 3.82. The quantitative estimate of drug-likeness (QED) is 0.803. The molecule has 0 radical (unpaired) electrons. The standard InChI is InChI=1S/C16H16O4/c1-11(17)19-9-13-3-5-16-8-14(10-20-12(2)18)4-6-15(16)7-13/h3-8H,9-10H2,1-2H3. The molecule has 0 saturated heterocycles. The number of carbonyl (C=O) groups is 2. The summed E-state index contributed by atoms with van der Waals surface area (Å²) >= 11 is 0. The predicted molar refractivity (Wildman–Crippen MR) is 74.9 cm³/mol. The van der Waals surface area contributed by atoms with Crippen LogP contribution in [0.15, 0.2) is 36.4 Å². The van der Waals surface area contributed by atoms with Crippen molar-refractivity contribution in [1.29, 1.82) is 0 Å². The highest BCUT2D eigenvalue weighted by atomic mass is 16.5. The van der Waals surface area contributed by atoms with Crippen molar-refractivity contribution in [2.45, 2.75) is 27.1 Å². The average molecular weight is 272 g/mol. The molecule has 0 heterocycles. The first-order valence-electron chi connectivity index (χ1n) is 6.33. The second-order valence-electron chi connectivity index (χ2n) is 4.58. The van der Waals surface area contributed by atoms with Gasteiger partial charge in [-0.25, -0.2) is 0 Å². The van der Waals surface area contributed by atoms with Crippen molar-refractivity contribution in [2.24, 2.45) is 0 Å². The summed E-state index contributed by atoms with van der Waals surface area (Å²) in [5.41, 5.74) is 1.89. The monoisotopic (exact) mass is 272 g/mol. The normalized spacial score (nSPS) is 10.3. The number of rotatable bonds is 4. The van der Waals surface area contributed by atoms with Gasteiger partial charge in [-0.05, 0) is 34.0 Å². The number of esters is 2. The molecule has 0 aromatic heterocycles. The minimum Gasteiger partial charge on any atom is -0.461 e. The largest absolute Gasteiger partial charge is 0.461 e. The smallest absolute Gasteiger partial charge is 0.302 e. The molecule has 0 aliphatic carbocycles. The highest BCUT2D eigenvalue weighted by Crippen LogP contribution is 2.19. The summed E-state index contributed by atoms with van der Waals surface area (Å²) < 4.78 is 9.94. The lowest BCUT2D eigenvalue weighted by Gasteiger charge is -2.07. The van der Waals surface area contributed by atoms with Crippen LogP contribution in [0.2, 0.25) is 0 Å². The Kier molecular flexibility index (Phi) is 4.35. The van der Waals surface area contributed by atoms with Crippen molar-refractivity contribution in [2.75, 3.05) is 0 Å². The molecule has 2 rings (SSSR count). The lowest BCUT2D eigenvalue weighted by Crippen LogP contribution is -1.99. The molecule has 0 atom stereocenters. The van der Waals surface area contributed by atoms with Gasteiger partial charge in [0.1, 0.15) is 13.2 Å². The zero-order chi connectivity index (χ0) is 14.5. The Morgan fingerprint density at radius 3 is 1.55 bits per heavy atom. The zero-order valence-corrected chi connectivity index (χ0v) is 11.5. The van der Waals surface area contributed by atoms with Crippen LogP contribution in [0.1, 0.15) is 25.0 Å². The number of ether oxygens (including phenoxy) is 2. The van der Waals surface area contributed by atoms with E-state index in [4.69, 9.17) is 9.47 Å². The summed E-state index contributed by atoms with van der Waals surface area (Å²) in [6.45, 7) is 3.34. The van der Waals surface area contributed by atoms with Crippen molar-refractivity contribution in [3.05, 3.63) is 47.5 Å². The van der Waals surface area contributed by atoms with E-state index in [0.29, 0.717) is 0 Å². The Bertz CT molecular complexity index is 589. The summed E-state index contributed by atoms with van der Waals surface area (Å²) in [4.78, 5) is 21.6. The fraction of sp³-hybridized carbons (Fsp3) is 0.250. The van der Waals surface area contributed by atoms with E-state index in [1.807, 2.05) is 36.4 Å². The molecule has 0 aliphatic rings. The molecular formula is C16H16O4. The topological polar surface area (TPSA) is 52.6 Å². The van der Waals surface area contributed by atoms with E-state index in [0.717, 1.165) is 21.9 Å². The van der Waals surface area contributed by atoms with Crippen LogP contribution >= 0.6 is 0 Å². The minimum absolute atomic E-state index is 0.278. The number of hydrogen-bond donors (Lipinski definition) is 0. The number of fused-ring (bicyclic) bond motifs is 1. The van der Waals surface area contributed by atoms with Gasteiger partial charge < -0.3 is 9.47 Å². The highest BCUT2D eigenvalue weighted by Gasteiger charge is 2.02. The molecule has 2 aromatic carbocycles. The lowest BCUT2D eigenvalue weighted by atomic mass is 10.0. The first kappa shape index (κ1) is 14.1. The van der Waals surface area contributed by atoms with Gasteiger partial charge in [0, 0.05) is 13.8 Å². The van der Waals surface area contributed by atoms with Gasteiger partial charge in [-0.3, -0.25) is 9.59 Å². The Balaban J connectivity index is 2.16.